The van der Waals surface area contributed by atoms with E-state index in [1.165, 1.54) is 19.6 Å². The lowest BCUT2D eigenvalue weighted by Gasteiger charge is -2.41. The number of ether oxygens (including phenoxy) is 1. The quantitative estimate of drug-likeness (QED) is 0.114. The standard InChI is InChI=1S/C10H12N6O8S2.C6H15N/c1-23-9(19)5-3(8(18)16(5)26(20,21)22)12-7(17)4(14-24-2)6-13-10(11)25-15-6;1-4-7(5-2)6-3/h3,5H,1-2H3,(H,12,17)(H2,11,13,15)(H,20,21,22);4-6H2,1-3H3/b14-4-;/t3-,5-;/m1./s1. The van der Waals surface area contributed by atoms with Crippen LogP contribution >= 0.6 is 11.5 Å². The Bertz CT molecular complexity index is 972. The smallest absolute Gasteiger partial charge is 0.363 e. The molecule has 0 saturated carbocycles. The molecule has 2 amide bonds. The van der Waals surface area contributed by atoms with Gasteiger partial charge in [-0.05, 0) is 19.6 Å². The lowest BCUT2D eigenvalue weighted by molar-refractivity contribution is -0.162. The number of amides is 2. The average Bonchev–Trinajstić information content (AvgIpc) is 3.19. The van der Waals surface area contributed by atoms with Crippen LogP contribution in [0.5, 0.6) is 0 Å². The Morgan fingerprint density at radius 2 is 1.85 bits per heavy atom. The molecule has 0 radical (unpaired) electrons. The average molecular weight is 510 g/mol. The van der Waals surface area contributed by atoms with Crippen molar-refractivity contribution in [3.05, 3.63) is 5.82 Å². The number of β-lactam (4-membered cyclic amide) rings is 1. The molecule has 186 valence electrons. The number of esters is 1. The number of aromatic nitrogens is 2. The van der Waals surface area contributed by atoms with Gasteiger partial charge >= 0.3 is 16.3 Å². The maximum absolute atomic E-state index is 12.3. The number of methoxy groups -OCH3 is 1. The minimum absolute atomic E-state index is 0.0290. The molecule has 0 aliphatic carbocycles. The van der Waals surface area contributed by atoms with Crippen molar-refractivity contribution in [1.82, 2.24) is 23.9 Å². The van der Waals surface area contributed by atoms with Crippen LogP contribution in [-0.2, 0) is 34.3 Å². The lowest BCUT2D eigenvalue weighted by atomic mass is 9.98. The summed E-state index contributed by atoms with van der Waals surface area (Å²) >= 11 is 0.767. The number of carbonyl (C=O) groups is 3. The van der Waals surface area contributed by atoms with Crippen molar-refractivity contribution in [3.63, 3.8) is 0 Å². The minimum Gasteiger partial charge on any atom is -0.467 e. The first kappa shape index (κ1) is 28.1. The van der Waals surface area contributed by atoms with Crippen LogP contribution in [0.3, 0.4) is 0 Å². The van der Waals surface area contributed by atoms with Gasteiger partial charge in [0.1, 0.15) is 13.2 Å². The number of anilines is 1. The molecule has 2 heterocycles. The third-order valence-corrected chi connectivity index (χ3v) is 5.87. The summed E-state index contributed by atoms with van der Waals surface area (Å²) in [7, 11) is -2.96. The Morgan fingerprint density at radius 3 is 2.21 bits per heavy atom. The summed E-state index contributed by atoms with van der Waals surface area (Å²) in [5, 5.41) is 5.55. The van der Waals surface area contributed by atoms with Crippen LogP contribution in [0.1, 0.15) is 26.6 Å². The highest BCUT2D eigenvalue weighted by Crippen LogP contribution is 2.24. The third-order valence-electron chi connectivity index (χ3n) is 4.42. The second kappa shape index (κ2) is 12.4. The Hall–Kier alpha value is -2.89. The number of hydrogen-bond donors (Lipinski definition) is 3. The van der Waals surface area contributed by atoms with Crippen LogP contribution in [-0.4, -0.2) is 101 Å². The van der Waals surface area contributed by atoms with Crippen molar-refractivity contribution >= 4 is 50.5 Å². The summed E-state index contributed by atoms with van der Waals surface area (Å²) in [5.74, 6) is -3.68. The second-order valence-electron chi connectivity index (χ2n) is 6.23. The maximum Gasteiger partial charge on any atom is 0.363 e. The van der Waals surface area contributed by atoms with Crippen LogP contribution in [0.4, 0.5) is 5.13 Å². The van der Waals surface area contributed by atoms with E-state index in [1.807, 2.05) is 0 Å². The Balaban J connectivity index is 0.000000675. The van der Waals surface area contributed by atoms with Gasteiger partial charge < -0.3 is 25.5 Å². The predicted octanol–water partition coefficient (Wildman–Crippen LogP) is -1.51. The summed E-state index contributed by atoms with van der Waals surface area (Å²) < 4.78 is 39.5. The number of rotatable bonds is 9. The number of nitrogens with two attached hydrogens (primary N) is 1. The highest BCUT2D eigenvalue weighted by atomic mass is 32.2. The van der Waals surface area contributed by atoms with Crippen LogP contribution in [0, 0.1) is 0 Å². The minimum atomic E-state index is -5.03. The van der Waals surface area contributed by atoms with E-state index < -0.39 is 45.9 Å². The van der Waals surface area contributed by atoms with Gasteiger partial charge in [0.15, 0.2) is 11.2 Å². The summed E-state index contributed by atoms with van der Waals surface area (Å²) in [6, 6.07) is -3.42. The summed E-state index contributed by atoms with van der Waals surface area (Å²) in [4.78, 5) is 46.6. The maximum atomic E-state index is 12.3. The molecule has 2 atom stereocenters. The number of oxime groups is 1. The fourth-order valence-corrected chi connectivity index (χ4v) is 3.97. The van der Waals surface area contributed by atoms with Crippen molar-refractivity contribution in [1.29, 1.82) is 0 Å². The van der Waals surface area contributed by atoms with Gasteiger partial charge in [0.2, 0.25) is 11.5 Å². The molecule has 4 N–H and O–H groups in total. The number of nitrogens with zero attached hydrogens (tertiary/aromatic N) is 5. The fourth-order valence-electron chi connectivity index (χ4n) is 2.70. The van der Waals surface area contributed by atoms with E-state index >= 15 is 0 Å². The van der Waals surface area contributed by atoms with Gasteiger partial charge in [0, 0.05) is 11.5 Å². The van der Waals surface area contributed by atoms with Gasteiger partial charge in [-0.15, -0.1) is 0 Å². The summed E-state index contributed by atoms with van der Waals surface area (Å²) in [6.07, 6.45) is 0. The molecule has 1 fully saturated rings. The van der Waals surface area contributed by atoms with Crippen molar-refractivity contribution in [2.45, 2.75) is 32.9 Å². The number of nitrogens with one attached hydrogen (secondary N) is 1. The lowest BCUT2D eigenvalue weighted by Crippen LogP contribution is -2.74. The first-order valence-electron chi connectivity index (χ1n) is 9.59. The predicted molar refractivity (Wildman–Crippen MR) is 117 cm³/mol. The van der Waals surface area contributed by atoms with Gasteiger partial charge in [-0.25, -0.2) is 4.79 Å². The fraction of sp³-hybridized carbons (Fsp3) is 0.625. The Morgan fingerprint density at radius 1 is 1.27 bits per heavy atom. The van der Waals surface area contributed by atoms with Gasteiger partial charge in [-0.2, -0.15) is 22.1 Å². The van der Waals surface area contributed by atoms with E-state index in [4.69, 9.17) is 10.3 Å². The molecule has 1 aromatic rings. The van der Waals surface area contributed by atoms with E-state index in [1.54, 1.807) is 0 Å². The summed E-state index contributed by atoms with van der Waals surface area (Å²) in [5.41, 5.74) is 4.95. The van der Waals surface area contributed by atoms with Crippen LogP contribution in [0.15, 0.2) is 5.16 Å². The van der Waals surface area contributed by atoms with E-state index in [2.05, 4.69) is 55.1 Å². The second-order valence-corrected chi connectivity index (χ2v) is 8.30. The molecule has 1 saturated heterocycles. The normalized spacial score (nSPS) is 18.2. The van der Waals surface area contributed by atoms with Crippen molar-refractivity contribution in [3.8, 4) is 0 Å². The highest BCUT2D eigenvalue weighted by molar-refractivity contribution is 7.84. The van der Waals surface area contributed by atoms with Gasteiger partial charge in [0.25, 0.3) is 11.8 Å². The zero-order chi connectivity index (χ0) is 25.3. The van der Waals surface area contributed by atoms with E-state index in [0.29, 0.717) is 0 Å². The first-order chi connectivity index (χ1) is 15.5. The Labute approximate surface area is 194 Å². The van der Waals surface area contributed by atoms with Crippen LogP contribution in [0.2, 0.25) is 0 Å². The zero-order valence-corrected chi connectivity index (χ0v) is 20.3. The molecule has 0 unspecified atom stereocenters. The number of hydrogen-bond acceptors (Lipinski definition) is 13. The molecule has 1 aliphatic rings. The molecular formula is C16H27N7O8S2. The molecular weight excluding hydrogens is 482 g/mol. The van der Waals surface area contributed by atoms with Crippen LogP contribution < -0.4 is 11.1 Å². The van der Waals surface area contributed by atoms with E-state index in [9.17, 15) is 22.8 Å². The molecule has 0 spiro atoms. The zero-order valence-electron chi connectivity index (χ0n) is 18.7. The number of carbonyl (C=O) groups excluding carboxylic acids is 3. The molecule has 1 aliphatic heterocycles. The van der Waals surface area contributed by atoms with Crippen LogP contribution in [0.25, 0.3) is 0 Å². The van der Waals surface area contributed by atoms with Gasteiger partial charge in [0.05, 0.1) is 7.11 Å². The monoisotopic (exact) mass is 509 g/mol. The van der Waals surface area contributed by atoms with Crippen molar-refractivity contribution < 1.29 is 36.9 Å². The molecule has 0 bridgehead atoms. The van der Waals surface area contributed by atoms with Gasteiger partial charge in [-0.1, -0.05) is 25.9 Å². The Kier molecular flexibility index (Phi) is 10.6. The van der Waals surface area contributed by atoms with Crippen molar-refractivity contribution in [2.24, 2.45) is 5.16 Å². The number of nitrogen functional groups attached to an aromatic ring is 1. The molecule has 17 heteroatoms. The molecule has 33 heavy (non-hydrogen) atoms. The topological polar surface area (TPSA) is 207 Å². The van der Waals surface area contributed by atoms with E-state index in [0.717, 1.165) is 25.8 Å². The van der Waals surface area contributed by atoms with E-state index in [-0.39, 0.29) is 15.3 Å². The largest absolute Gasteiger partial charge is 0.467 e. The molecule has 0 aromatic carbocycles. The molecule has 15 nitrogen and oxygen atoms in total. The highest BCUT2D eigenvalue weighted by Gasteiger charge is 2.58. The summed E-state index contributed by atoms with van der Waals surface area (Å²) in [6.45, 7) is 10.1. The molecule has 2 rings (SSSR count). The van der Waals surface area contributed by atoms with Gasteiger partial charge in [-0.3, -0.25) is 14.1 Å². The first-order valence-corrected chi connectivity index (χ1v) is 11.8. The third kappa shape index (κ3) is 7.04. The SMILES string of the molecule is CCN(CC)CC.CO/N=C(\C(=O)N[C@H]1C(=O)N(S(=O)(=O)O)[C@H]1C(=O)OC)c1nsc(N)n1. The molecule has 1 aromatic heterocycles. The van der Waals surface area contributed by atoms with Crippen molar-refractivity contribution in [2.75, 3.05) is 39.6 Å².